The zero-order valence-corrected chi connectivity index (χ0v) is 42.4. The predicted octanol–water partition coefficient (Wildman–Crippen LogP) is 7.36. The fourth-order valence-corrected chi connectivity index (χ4v) is 14.6. The molecule has 0 aromatic heterocycles. The lowest BCUT2D eigenvalue weighted by atomic mass is 9.49. The second-order valence-electron chi connectivity index (χ2n) is 22.5. The summed E-state index contributed by atoms with van der Waals surface area (Å²) < 4.78 is 34.2. The van der Waals surface area contributed by atoms with Crippen molar-refractivity contribution in [2.75, 3.05) is 101 Å². The van der Waals surface area contributed by atoms with E-state index in [4.69, 9.17) is 25.8 Å². The van der Waals surface area contributed by atoms with Gasteiger partial charge in [0, 0.05) is 85.0 Å². The Balaban J connectivity index is 0.760. The summed E-state index contributed by atoms with van der Waals surface area (Å²) in [7, 11) is 10.9. The smallest absolute Gasteiger partial charge is 0.225 e. The fourth-order valence-electron chi connectivity index (χ4n) is 14.4. The van der Waals surface area contributed by atoms with Gasteiger partial charge in [-0.1, -0.05) is 51.4 Å². The van der Waals surface area contributed by atoms with Crippen LogP contribution in [0.1, 0.15) is 90.2 Å². The number of methoxy groups -OCH3 is 1. The topological polar surface area (TPSA) is 73.0 Å². The summed E-state index contributed by atoms with van der Waals surface area (Å²) in [5, 5.41) is 4.18. The predicted molar refractivity (Wildman–Crippen MR) is 258 cm³/mol. The van der Waals surface area contributed by atoms with Crippen molar-refractivity contribution in [3.63, 3.8) is 0 Å². The molecule has 0 spiro atoms. The average molecular weight is 924 g/mol. The first-order chi connectivity index (χ1) is 30.9. The van der Waals surface area contributed by atoms with E-state index >= 15 is 0 Å². The molecule has 1 aliphatic carbocycles. The van der Waals surface area contributed by atoms with Gasteiger partial charge in [0.1, 0.15) is 35.9 Å². The van der Waals surface area contributed by atoms with Crippen LogP contribution >= 0.6 is 11.6 Å². The van der Waals surface area contributed by atoms with Crippen LogP contribution in [0.15, 0.2) is 36.4 Å². The van der Waals surface area contributed by atoms with Gasteiger partial charge in [0.15, 0.2) is 0 Å². The number of amides is 1. The standard InChI is InChI=1S/C52H81ClFN7O4/c1-12-61(10)27-21-40(41-16-14-37(54)29-45(41)63-11)42-31-44(58(9)47(42)61)35-17-22-59(23-18-35)26-28-64-38-19-24-60(25-20-38)50-56(7)32-36(33-57(50)8)46(62)55-48-51(3,4)49(52(48,5)6)65-39-15-13-34(2)43(53)30-39/h13-16,29-30,35-36,38,40,42,44,47-50H,12,17-28,31-33H2,1-11H3/p+1. The molecule has 362 valence electrons. The molecule has 1 N–H and O–H groups in total. The van der Waals surface area contributed by atoms with Crippen LogP contribution < -0.4 is 14.8 Å². The number of nitrogens with zero attached hydrogens (tertiary/aromatic N) is 6. The number of rotatable bonds is 13. The molecule has 6 fully saturated rings. The number of fused-ring (bicyclic) bond motifs is 1. The maximum atomic E-state index is 14.2. The Hall–Kier alpha value is -2.55. The monoisotopic (exact) mass is 923 g/mol. The van der Waals surface area contributed by atoms with Gasteiger partial charge >= 0.3 is 0 Å². The lowest BCUT2D eigenvalue weighted by Gasteiger charge is -2.63. The lowest BCUT2D eigenvalue weighted by molar-refractivity contribution is -0.950. The number of likely N-dealkylation sites (tertiary alicyclic amines) is 4. The molecule has 5 saturated heterocycles. The van der Waals surface area contributed by atoms with Gasteiger partial charge in [-0.2, -0.15) is 0 Å². The quantitative estimate of drug-likeness (QED) is 0.208. The van der Waals surface area contributed by atoms with E-state index in [1.807, 2.05) is 31.2 Å². The zero-order valence-electron chi connectivity index (χ0n) is 41.6. The van der Waals surface area contributed by atoms with Crippen LogP contribution in [0, 0.1) is 41.3 Å². The van der Waals surface area contributed by atoms with Gasteiger partial charge in [-0.3, -0.25) is 24.4 Å². The largest absolute Gasteiger partial charge is 0.496 e. The molecule has 2 aromatic carbocycles. The highest BCUT2D eigenvalue weighted by atomic mass is 35.5. The summed E-state index contributed by atoms with van der Waals surface area (Å²) in [6.45, 7) is 22.9. The number of nitrogens with one attached hydrogen (secondary N) is 1. The number of halogens is 2. The molecule has 5 heterocycles. The normalized spacial score (nSPS) is 34.2. The van der Waals surface area contributed by atoms with E-state index in [1.165, 1.54) is 24.8 Å². The maximum Gasteiger partial charge on any atom is 0.225 e. The first-order valence-electron chi connectivity index (χ1n) is 25.0. The van der Waals surface area contributed by atoms with Gasteiger partial charge < -0.3 is 28.9 Å². The van der Waals surface area contributed by atoms with E-state index in [-0.39, 0.29) is 46.9 Å². The molecule has 8 rings (SSSR count). The lowest BCUT2D eigenvalue weighted by Crippen LogP contribution is -2.75. The number of carbonyl (C=O) groups excluding carboxylic acids is 1. The first kappa shape index (κ1) is 48.9. The highest BCUT2D eigenvalue weighted by Gasteiger charge is 2.64. The molecule has 1 amide bonds. The van der Waals surface area contributed by atoms with Crippen LogP contribution in [-0.2, 0) is 9.53 Å². The number of aryl methyl sites for hydroxylation is 1. The summed E-state index contributed by atoms with van der Waals surface area (Å²) in [5.41, 5.74) is 1.73. The van der Waals surface area contributed by atoms with Crippen LogP contribution in [0.25, 0.3) is 0 Å². The van der Waals surface area contributed by atoms with Crippen LogP contribution in [0.2, 0.25) is 5.02 Å². The average Bonchev–Trinajstić information content (AvgIpc) is 3.64. The molecule has 1 saturated carbocycles. The van der Waals surface area contributed by atoms with Gasteiger partial charge in [0.25, 0.3) is 0 Å². The minimum atomic E-state index is -0.243. The number of carbonyl (C=O) groups is 1. The zero-order chi connectivity index (χ0) is 46.6. The van der Waals surface area contributed by atoms with Crippen molar-refractivity contribution < 1.29 is 27.9 Å². The van der Waals surface area contributed by atoms with Crippen molar-refractivity contribution >= 4 is 17.5 Å². The molecule has 6 aliphatic rings. The fraction of sp³-hybridized carbons (Fsp3) is 0.750. The highest BCUT2D eigenvalue weighted by molar-refractivity contribution is 6.31. The SMILES string of the molecule is CC[N+]1(C)CCC(c2ccc(F)cc2OC)C2CC(C3CCN(CCOC4CCN(C5N(C)CC(C(=O)NC6C(C)(C)C(Oc7ccc(C)c(Cl)c7)C6(C)C)CN5C)CC4)CC3)N(C)C21. The molecule has 11 nitrogen and oxygen atoms in total. The molecule has 13 heteroatoms. The van der Waals surface area contributed by atoms with Crippen molar-refractivity contribution in [3.8, 4) is 11.5 Å². The van der Waals surface area contributed by atoms with Crippen molar-refractivity contribution in [1.29, 1.82) is 0 Å². The second-order valence-corrected chi connectivity index (χ2v) is 23.0. The molecule has 0 radical (unpaired) electrons. The number of hydrogen-bond acceptors (Lipinski definition) is 9. The molecular weight excluding hydrogens is 841 g/mol. The third-order valence-electron chi connectivity index (χ3n) is 17.7. The van der Waals surface area contributed by atoms with Gasteiger partial charge in [-0.05, 0) is 115 Å². The van der Waals surface area contributed by atoms with E-state index in [9.17, 15) is 9.18 Å². The Morgan fingerprint density at radius 2 is 1.62 bits per heavy atom. The molecule has 5 unspecified atom stereocenters. The maximum absolute atomic E-state index is 14.2. The van der Waals surface area contributed by atoms with Crippen LogP contribution in [0.3, 0.4) is 0 Å². The number of benzene rings is 2. The number of piperidine rings is 3. The minimum absolute atomic E-state index is 0.0108. The highest BCUT2D eigenvalue weighted by Crippen LogP contribution is 2.56. The minimum Gasteiger partial charge on any atom is -0.496 e. The van der Waals surface area contributed by atoms with Crippen LogP contribution in [0.4, 0.5) is 4.39 Å². The second kappa shape index (κ2) is 19.4. The first-order valence-corrected chi connectivity index (χ1v) is 25.3. The van der Waals surface area contributed by atoms with Crippen molar-refractivity contribution in [2.24, 2.45) is 28.6 Å². The van der Waals surface area contributed by atoms with Gasteiger partial charge in [-0.15, -0.1) is 0 Å². The number of quaternary nitrogens is 1. The third kappa shape index (κ3) is 9.59. The molecule has 5 aliphatic heterocycles. The Morgan fingerprint density at radius 1 is 0.938 bits per heavy atom. The van der Waals surface area contributed by atoms with Crippen molar-refractivity contribution in [1.82, 2.24) is 29.8 Å². The van der Waals surface area contributed by atoms with E-state index in [0.29, 0.717) is 46.8 Å². The summed E-state index contributed by atoms with van der Waals surface area (Å²) in [5.74, 6) is 2.87. The van der Waals surface area contributed by atoms with Crippen LogP contribution in [-0.4, -0.2) is 172 Å². The van der Waals surface area contributed by atoms with Crippen molar-refractivity contribution in [2.45, 2.75) is 123 Å². The summed E-state index contributed by atoms with van der Waals surface area (Å²) >= 11 is 6.41. The van der Waals surface area contributed by atoms with Gasteiger partial charge in [0.05, 0.1) is 45.9 Å². The van der Waals surface area contributed by atoms with E-state index in [2.05, 4.69) is 92.6 Å². The van der Waals surface area contributed by atoms with Gasteiger partial charge in [0.2, 0.25) is 5.91 Å². The molecule has 5 atom stereocenters. The number of hydrogen-bond donors (Lipinski definition) is 1. The summed E-state index contributed by atoms with van der Waals surface area (Å²) in [4.78, 5) is 26.6. The van der Waals surface area contributed by atoms with Crippen LogP contribution in [0.5, 0.6) is 11.5 Å². The summed E-state index contributed by atoms with van der Waals surface area (Å²) in [6, 6.07) is 11.6. The molecular formula is C52H82ClFN7O4+. The Bertz CT molecular complexity index is 1950. The van der Waals surface area contributed by atoms with E-state index in [1.54, 1.807) is 19.2 Å². The molecule has 0 bridgehead atoms. The number of ether oxygens (including phenoxy) is 3. The Kier molecular flexibility index (Phi) is 14.6. The van der Waals surface area contributed by atoms with Gasteiger partial charge in [-0.25, -0.2) is 4.39 Å². The van der Waals surface area contributed by atoms with E-state index < -0.39 is 0 Å². The van der Waals surface area contributed by atoms with Crippen molar-refractivity contribution in [3.05, 3.63) is 58.4 Å². The third-order valence-corrected chi connectivity index (χ3v) is 18.1. The Labute approximate surface area is 395 Å². The molecule has 2 aromatic rings. The summed E-state index contributed by atoms with van der Waals surface area (Å²) in [6.07, 6.45) is 7.72. The Morgan fingerprint density at radius 3 is 2.25 bits per heavy atom. The van der Waals surface area contributed by atoms with E-state index in [0.717, 1.165) is 101 Å². The molecule has 65 heavy (non-hydrogen) atoms.